The van der Waals surface area contributed by atoms with Crippen molar-refractivity contribution in [2.45, 2.75) is 32.1 Å². The number of hydrogen-bond donors (Lipinski definition) is 0. The average molecular weight is 344 g/mol. The Bertz CT molecular complexity index is 733. The number of piperazine rings is 1. The largest absolute Gasteiger partial charge is 0.368 e. The molecule has 6 heteroatoms. The van der Waals surface area contributed by atoms with E-state index in [1.165, 1.54) is 17.3 Å². The van der Waals surface area contributed by atoms with Gasteiger partial charge >= 0.3 is 0 Å². The van der Waals surface area contributed by atoms with Gasteiger partial charge in [-0.25, -0.2) is 18.7 Å². The van der Waals surface area contributed by atoms with Crippen molar-refractivity contribution in [1.29, 1.82) is 0 Å². The molecule has 4 rings (SSSR count). The van der Waals surface area contributed by atoms with Crippen LogP contribution in [0.1, 0.15) is 42.3 Å². The van der Waals surface area contributed by atoms with Crippen LogP contribution in [0.15, 0.2) is 30.3 Å². The molecule has 1 aromatic heterocycles. The highest BCUT2D eigenvalue weighted by molar-refractivity contribution is 5.51. The van der Waals surface area contributed by atoms with Crippen LogP contribution >= 0.6 is 0 Å². The molecule has 2 heterocycles. The van der Waals surface area contributed by atoms with Crippen LogP contribution in [0.3, 0.4) is 0 Å². The molecule has 0 amide bonds. The standard InChI is InChI=1S/C19H22F2N4/c1-13-3-2-4-15(11-13)24-7-9-25(10-8-24)17-12-16(18(20)21)22-19(23-17)14-5-6-14/h2-4,11-12,14,18H,5-10H2,1H3. The van der Waals surface area contributed by atoms with E-state index in [2.05, 4.69) is 51.0 Å². The zero-order chi connectivity index (χ0) is 17.4. The van der Waals surface area contributed by atoms with Crippen molar-refractivity contribution in [2.24, 2.45) is 0 Å². The molecular weight excluding hydrogens is 322 g/mol. The lowest BCUT2D eigenvalue weighted by Gasteiger charge is -2.37. The molecule has 2 aliphatic rings. The molecule has 1 saturated carbocycles. The number of rotatable bonds is 4. The summed E-state index contributed by atoms with van der Waals surface area (Å²) < 4.78 is 26.4. The molecule has 1 aliphatic carbocycles. The fourth-order valence-corrected chi connectivity index (χ4v) is 3.29. The van der Waals surface area contributed by atoms with Gasteiger partial charge < -0.3 is 9.80 Å². The highest BCUT2D eigenvalue weighted by Gasteiger charge is 2.29. The third-order valence-electron chi connectivity index (χ3n) is 4.89. The second kappa shape index (κ2) is 6.58. The van der Waals surface area contributed by atoms with E-state index < -0.39 is 6.43 Å². The molecule has 2 fully saturated rings. The second-order valence-electron chi connectivity index (χ2n) is 6.90. The van der Waals surface area contributed by atoms with E-state index in [1.807, 2.05) is 0 Å². The minimum absolute atomic E-state index is 0.145. The maximum atomic E-state index is 13.2. The topological polar surface area (TPSA) is 32.3 Å². The summed E-state index contributed by atoms with van der Waals surface area (Å²) in [5, 5.41) is 0. The fourth-order valence-electron chi connectivity index (χ4n) is 3.29. The van der Waals surface area contributed by atoms with E-state index in [0.717, 1.165) is 39.0 Å². The first-order chi connectivity index (χ1) is 12.1. The zero-order valence-electron chi connectivity index (χ0n) is 14.3. The quantitative estimate of drug-likeness (QED) is 0.841. The molecular formula is C19H22F2N4. The Labute approximate surface area is 146 Å². The lowest BCUT2D eigenvalue weighted by Crippen LogP contribution is -2.47. The Morgan fingerprint density at radius 3 is 2.36 bits per heavy atom. The molecule has 0 N–H and O–H groups in total. The summed E-state index contributed by atoms with van der Waals surface area (Å²) in [6, 6.07) is 9.91. The van der Waals surface area contributed by atoms with Gasteiger partial charge in [0, 0.05) is 43.9 Å². The number of nitrogens with zero attached hydrogens (tertiary/aromatic N) is 4. The average Bonchev–Trinajstić information content (AvgIpc) is 3.47. The normalized spacial score (nSPS) is 18.1. The number of benzene rings is 1. The molecule has 25 heavy (non-hydrogen) atoms. The molecule has 0 spiro atoms. The summed E-state index contributed by atoms with van der Waals surface area (Å²) in [6.45, 7) is 5.36. The Kier molecular flexibility index (Phi) is 4.27. The predicted octanol–water partition coefficient (Wildman–Crippen LogP) is 3.93. The molecule has 0 atom stereocenters. The van der Waals surface area contributed by atoms with E-state index in [-0.39, 0.29) is 11.6 Å². The molecule has 132 valence electrons. The third kappa shape index (κ3) is 3.57. The summed E-state index contributed by atoms with van der Waals surface area (Å²) in [5.74, 6) is 1.51. The first kappa shape index (κ1) is 16.2. The number of halogens is 2. The van der Waals surface area contributed by atoms with Gasteiger partial charge in [-0.15, -0.1) is 0 Å². The first-order valence-electron chi connectivity index (χ1n) is 8.84. The molecule has 4 nitrogen and oxygen atoms in total. The van der Waals surface area contributed by atoms with Crippen molar-refractivity contribution < 1.29 is 8.78 Å². The number of alkyl halides is 2. The molecule has 0 bridgehead atoms. The van der Waals surface area contributed by atoms with Crippen molar-refractivity contribution in [2.75, 3.05) is 36.0 Å². The van der Waals surface area contributed by atoms with E-state index in [4.69, 9.17) is 0 Å². The number of anilines is 2. The monoisotopic (exact) mass is 344 g/mol. The van der Waals surface area contributed by atoms with Crippen LogP contribution in [0.5, 0.6) is 0 Å². The summed E-state index contributed by atoms with van der Waals surface area (Å²) in [4.78, 5) is 13.1. The Morgan fingerprint density at radius 1 is 1.00 bits per heavy atom. The van der Waals surface area contributed by atoms with Crippen molar-refractivity contribution >= 4 is 11.5 Å². The Balaban J connectivity index is 1.50. The van der Waals surface area contributed by atoms with Crippen LogP contribution in [0.2, 0.25) is 0 Å². The van der Waals surface area contributed by atoms with Crippen LogP contribution in [0.25, 0.3) is 0 Å². The minimum atomic E-state index is -2.55. The summed E-state index contributed by atoms with van der Waals surface area (Å²) >= 11 is 0. The van der Waals surface area contributed by atoms with E-state index >= 15 is 0 Å². The van der Waals surface area contributed by atoms with Crippen molar-refractivity contribution in [1.82, 2.24) is 9.97 Å². The highest BCUT2D eigenvalue weighted by Crippen LogP contribution is 2.39. The van der Waals surface area contributed by atoms with Crippen LogP contribution < -0.4 is 9.80 Å². The summed E-state index contributed by atoms with van der Waals surface area (Å²) in [6.07, 6.45) is -0.534. The molecule has 0 unspecified atom stereocenters. The van der Waals surface area contributed by atoms with Crippen molar-refractivity contribution in [3.63, 3.8) is 0 Å². The lowest BCUT2D eigenvalue weighted by molar-refractivity contribution is 0.145. The Morgan fingerprint density at radius 2 is 1.72 bits per heavy atom. The lowest BCUT2D eigenvalue weighted by atomic mass is 10.2. The molecule has 1 aliphatic heterocycles. The minimum Gasteiger partial charge on any atom is -0.368 e. The number of hydrogen-bond acceptors (Lipinski definition) is 4. The van der Waals surface area contributed by atoms with Crippen LogP contribution in [0, 0.1) is 6.92 Å². The second-order valence-corrected chi connectivity index (χ2v) is 6.90. The zero-order valence-corrected chi connectivity index (χ0v) is 14.3. The van der Waals surface area contributed by atoms with E-state index in [1.54, 1.807) is 0 Å². The smallest absolute Gasteiger partial charge is 0.280 e. The third-order valence-corrected chi connectivity index (χ3v) is 4.89. The van der Waals surface area contributed by atoms with Gasteiger partial charge in [0.1, 0.15) is 17.3 Å². The van der Waals surface area contributed by atoms with Gasteiger partial charge in [0.05, 0.1) is 0 Å². The van der Waals surface area contributed by atoms with Gasteiger partial charge in [-0.2, -0.15) is 0 Å². The van der Waals surface area contributed by atoms with Gasteiger partial charge in [-0.05, 0) is 37.5 Å². The van der Waals surface area contributed by atoms with Crippen LogP contribution in [-0.4, -0.2) is 36.1 Å². The maximum Gasteiger partial charge on any atom is 0.280 e. The maximum absolute atomic E-state index is 13.2. The highest BCUT2D eigenvalue weighted by atomic mass is 19.3. The van der Waals surface area contributed by atoms with E-state index in [0.29, 0.717) is 11.6 Å². The number of aromatic nitrogens is 2. The van der Waals surface area contributed by atoms with Gasteiger partial charge in [-0.1, -0.05) is 12.1 Å². The number of aryl methyl sites for hydroxylation is 1. The van der Waals surface area contributed by atoms with Gasteiger partial charge in [-0.3, -0.25) is 0 Å². The SMILES string of the molecule is Cc1cccc(N2CCN(c3cc(C(F)F)nc(C4CC4)n3)CC2)c1. The fraction of sp³-hybridized carbons (Fsp3) is 0.474. The summed E-state index contributed by atoms with van der Waals surface area (Å²) in [7, 11) is 0. The molecule has 1 saturated heterocycles. The van der Waals surface area contributed by atoms with Crippen LogP contribution in [0.4, 0.5) is 20.3 Å². The van der Waals surface area contributed by atoms with E-state index in [9.17, 15) is 8.78 Å². The van der Waals surface area contributed by atoms with Gasteiger partial charge in [0.15, 0.2) is 0 Å². The molecule has 0 radical (unpaired) electrons. The molecule has 1 aromatic carbocycles. The first-order valence-corrected chi connectivity index (χ1v) is 8.84. The predicted molar refractivity (Wildman–Crippen MR) is 94.6 cm³/mol. The van der Waals surface area contributed by atoms with Gasteiger partial charge in [0.2, 0.25) is 0 Å². The van der Waals surface area contributed by atoms with Crippen LogP contribution in [-0.2, 0) is 0 Å². The van der Waals surface area contributed by atoms with Crippen molar-refractivity contribution in [3.05, 3.63) is 47.4 Å². The van der Waals surface area contributed by atoms with Gasteiger partial charge in [0.25, 0.3) is 6.43 Å². The summed E-state index contributed by atoms with van der Waals surface area (Å²) in [5.41, 5.74) is 2.31. The molecule has 2 aromatic rings. The Hall–Kier alpha value is -2.24. The van der Waals surface area contributed by atoms with Crippen molar-refractivity contribution in [3.8, 4) is 0 Å².